The van der Waals surface area contributed by atoms with Crippen LogP contribution in [0.5, 0.6) is 11.5 Å². The summed E-state index contributed by atoms with van der Waals surface area (Å²) >= 11 is 0. The summed E-state index contributed by atoms with van der Waals surface area (Å²) in [6.45, 7) is -1.00. The van der Waals surface area contributed by atoms with Crippen LogP contribution in [0.15, 0.2) is 18.2 Å². The van der Waals surface area contributed by atoms with Crippen LogP contribution in [0.1, 0.15) is 5.56 Å². The van der Waals surface area contributed by atoms with Gasteiger partial charge in [0, 0.05) is 6.54 Å². The van der Waals surface area contributed by atoms with Crippen molar-refractivity contribution in [3.63, 3.8) is 0 Å². The second-order valence-corrected chi connectivity index (χ2v) is 6.73. The van der Waals surface area contributed by atoms with E-state index in [2.05, 4.69) is 0 Å². The predicted molar refractivity (Wildman–Crippen MR) is 84.8 cm³/mol. The number of alkyl halides is 11. The van der Waals surface area contributed by atoms with Gasteiger partial charge in [-0.3, -0.25) is 4.79 Å². The van der Waals surface area contributed by atoms with Gasteiger partial charge in [-0.05, 0) is 24.1 Å². The largest absolute Gasteiger partial charge is 0.493 e. The van der Waals surface area contributed by atoms with E-state index in [1.165, 1.54) is 32.4 Å². The molecular formula is C17H14F11NO3. The van der Waals surface area contributed by atoms with Crippen LogP contribution in [-0.4, -0.2) is 62.0 Å². The number of carbonyl (C=O) groups is 1. The number of rotatable bonds is 6. The van der Waals surface area contributed by atoms with Gasteiger partial charge in [-0.2, -0.15) is 43.9 Å². The van der Waals surface area contributed by atoms with Crippen molar-refractivity contribution in [3.8, 4) is 11.5 Å². The first kappa shape index (κ1) is 25.8. The smallest absolute Gasteiger partial charge is 0.384 e. The van der Waals surface area contributed by atoms with Gasteiger partial charge >= 0.3 is 35.3 Å². The predicted octanol–water partition coefficient (Wildman–Crippen LogP) is 4.26. The summed E-state index contributed by atoms with van der Waals surface area (Å²) in [7, 11) is 2.50. The summed E-state index contributed by atoms with van der Waals surface area (Å²) in [5.41, 5.74) is -6.51. The van der Waals surface area contributed by atoms with Gasteiger partial charge in [-0.25, -0.2) is 4.39 Å². The van der Waals surface area contributed by atoms with Crippen molar-refractivity contribution in [1.82, 2.24) is 5.32 Å². The lowest BCUT2D eigenvalue weighted by atomic mass is 9.71. The van der Waals surface area contributed by atoms with Crippen LogP contribution in [0.3, 0.4) is 0 Å². The second-order valence-electron chi connectivity index (χ2n) is 6.73. The van der Waals surface area contributed by atoms with E-state index in [9.17, 15) is 53.1 Å². The van der Waals surface area contributed by atoms with Crippen molar-refractivity contribution in [2.24, 2.45) is 0 Å². The molecule has 182 valence electrons. The highest BCUT2D eigenvalue weighted by molar-refractivity contribution is 5.88. The summed E-state index contributed by atoms with van der Waals surface area (Å²) in [6, 6.07) is 3.87. The fraction of sp³-hybridized carbons (Fsp3) is 0.588. The highest BCUT2D eigenvalue weighted by atomic mass is 19.4. The molecule has 1 N–H and O–H groups in total. The normalized spacial score (nSPS) is 23.8. The van der Waals surface area contributed by atoms with Crippen LogP contribution in [-0.2, 0) is 11.2 Å². The molecule has 1 fully saturated rings. The molecule has 0 spiro atoms. The molecule has 2 rings (SSSR count). The Morgan fingerprint density at radius 1 is 0.750 bits per heavy atom. The number of amides is 1. The van der Waals surface area contributed by atoms with Crippen molar-refractivity contribution < 1.29 is 62.6 Å². The molecule has 1 amide bonds. The molecule has 1 aromatic carbocycles. The molecule has 1 aromatic rings. The molecule has 0 atom stereocenters. The zero-order valence-electron chi connectivity index (χ0n) is 16.0. The highest BCUT2D eigenvalue weighted by Crippen LogP contribution is 2.69. The SMILES string of the molecule is COc1ccc(CCNC(=O)C2(F)C(F)(F)C(F)(F)C(F)(F)C(F)(F)C2(F)F)cc1OC. The molecule has 1 aliphatic rings. The Morgan fingerprint density at radius 2 is 1.19 bits per heavy atom. The van der Waals surface area contributed by atoms with Gasteiger partial charge in [0.05, 0.1) is 14.2 Å². The van der Waals surface area contributed by atoms with E-state index in [4.69, 9.17) is 9.47 Å². The number of methoxy groups -OCH3 is 2. The fourth-order valence-corrected chi connectivity index (χ4v) is 2.98. The quantitative estimate of drug-likeness (QED) is 0.608. The summed E-state index contributed by atoms with van der Waals surface area (Å²) in [6.07, 6.45) is -0.442. The van der Waals surface area contributed by atoms with E-state index >= 15 is 0 Å². The fourth-order valence-electron chi connectivity index (χ4n) is 2.98. The Labute approximate surface area is 172 Å². The molecule has 4 nitrogen and oxygen atoms in total. The van der Waals surface area contributed by atoms with Gasteiger partial charge < -0.3 is 14.8 Å². The lowest BCUT2D eigenvalue weighted by Gasteiger charge is -2.51. The highest BCUT2D eigenvalue weighted by Gasteiger charge is 3.02. The summed E-state index contributed by atoms with van der Waals surface area (Å²) in [5.74, 6) is -39.4. The van der Waals surface area contributed by atoms with E-state index in [0.29, 0.717) is 0 Å². The maximum Gasteiger partial charge on any atom is 0.384 e. The number of benzene rings is 1. The third kappa shape index (κ3) is 2.99. The van der Waals surface area contributed by atoms with Gasteiger partial charge in [0.1, 0.15) is 0 Å². The number of halogens is 11. The maximum absolute atomic E-state index is 14.6. The number of hydrogen-bond acceptors (Lipinski definition) is 3. The van der Waals surface area contributed by atoms with Gasteiger partial charge in [0.25, 0.3) is 5.91 Å². The van der Waals surface area contributed by atoms with Crippen LogP contribution in [0, 0.1) is 0 Å². The third-order valence-electron chi connectivity index (χ3n) is 4.90. The first-order valence-electron chi connectivity index (χ1n) is 8.45. The Bertz CT molecular complexity index is 858. The molecular weight excluding hydrogens is 475 g/mol. The van der Waals surface area contributed by atoms with Crippen molar-refractivity contribution in [1.29, 1.82) is 0 Å². The minimum absolute atomic E-state index is 0.116. The van der Waals surface area contributed by atoms with E-state index in [0.717, 1.165) is 5.32 Å². The molecule has 0 bridgehead atoms. The zero-order valence-corrected chi connectivity index (χ0v) is 16.0. The van der Waals surface area contributed by atoms with Gasteiger partial charge in [-0.1, -0.05) is 6.07 Å². The molecule has 0 aromatic heterocycles. The molecule has 0 radical (unpaired) electrons. The molecule has 15 heteroatoms. The van der Waals surface area contributed by atoms with Gasteiger partial charge in [0.2, 0.25) is 0 Å². The topological polar surface area (TPSA) is 47.6 Å². The first-order chi connectivity index (χ1) is 14.4. The average Bonchev–Trinajstić information content (AvgIpc) is 2.71. The van der Waals surface area contributed by atoms with E-state index in [-0.39, 0.29) is 17.1 Å². The third-order valence-corrected chi connectivity index (χ3v) is 4.90. The van der Waals surface area contributed by atoms with Crippen LogP contribution in [0.25, 0.3) is 0 Å². The molecule has 0 saturated heterocycles. The minimum atomic E-state index is -7.37. The Morgan fingerprint density at radius 3 is 1.62 bits per heavy atom. The number of carbonyl (C=O) groups excluding carboxylic acids is 1. The molecule has 0 aliphatic heterocycles. The lowest BCUT2D eigenvalue weighted by Crippen LogP contribution is -2.86. The Balaban J connectivity index is 2.35. The number of hydrogen-bond donors (Lipinski definition) is 1. The number of nitrogens with one attached hydrogen (secondary N) is 1. The maximum atomic E-state index is 14.6. The summed E-state index contributed by atoms with van der Waals surface area (Å²) < 4.78 is 160. The monoisotopic (exact) mass is 489 g/mol. The summed E-state index contributed by atoms with van der Waals surface area (Å²) in [5, 5.41) is 1.06. The van der Waals surface area contributed by atoms with E-state index < -0.39 is 54.2 Å². The molecule has 32 heavy (non-hydrogen) atoms. The Hall–Kier alpha value is -2.48. The lowest BCUT2D eigenvalue weighted by molar-refractivity contribution is -0.476. The van der Waals surface area contributed by atoms with Crippen molar-refractivity contribution >= 4 is 5.91 Å². The number of ether oxygens (including phenoxy) is 2. The van der Waals surface area contributed by atoms with Crippen LogP contribution >= 0.6 is 0 Å². The van der Waals surface area contributed by atoms with E-state index in [1.807, 2.05) is 0 Å². The second kappa shape index (κ2) is 7.54. The van der Waals surface area contributed by atoms with Gasteiger partial charge in [0.15, 0.2) is 11.5 Å². The molecule has 1 saturated carbocycles. The molecule has 0 unspecified atom stereocenters. The Kier molecular flexibility index (Phi) is 6.07. The van der Waals surface area contributed by atoms with Crippen molar-refractivity contribution in [2.45, 2.75) is 41.7 Å². The minimum Gasteiger partial charge on any atom is -0.493 e. The average molecular weight is 489 g/mol. The van der Waals surface area contributed by atoms with Crippen LogP contribution in [0.2, 0.25) is 0 Å². The standard InChI is InChI=1S/C17H14F11NO3/c1-31-9-4-3-8(7-10(9)32-2)5-6-29-11(30)12(18)13(19,20)15(23,24)17(27,28)16(25,26)14(12,21)22/h3-4,7H,5-6H2,1-2H3,(H,29,30). The van der Waals surface area contributed by atoms with E-state index in [1.54, 1.807) is 0 Å². The molecule has 1 aliphatic carbocycles. The summed E-state index contributed by atoms with van der Waals surface area (Å²) in [4.78, 5) is 11.7. The van der Waals surface area contributed by atoms with Crippen molar-refractivity contribution in [2.75, 3.05) is 20.8 Å². The zero-order chi connectivity index (χ0) is 25.0. The van der Waals surface area contributed by atoms with Gasteiger partial charge in [-0.15, -0.1) is 0 Å². The molecule has 0 heterocycles. The van der Waals surface area contributed by atoms with Crippen molar-refractivity contribution in [3.05, 3.63) is 23.8 Å². The van der Waals surface area contributed by atoms with Crippen LogP contribution in [0.4, 0.5) is 48.3 Å². The first-order valence-corrected chi connectivity index (χ1v) is 8.45. The van der Waals surface area contributed by atoms with Crippen LogP contribution < -0.4 is 14.8 Å².